The number of thioether (sulfide) groups is 1. The van der Waals surface area contributed by atoms with Crippen molar-refractivity contribution in [1.29, 1.82) is 0 Å². The molecule has 5 heteroatoms. The molecule has 0 radical (unpaired) electrons. The predicted octanol–water partition coefficient (Wildman–Crippen LogP) is 2.38. The fourth-order valence-corrected chi connectivity index (χ4v) is 2.64. The quantitative estimate of drug-likeness (QED) is 0.808. The SMILES string of the molecule is CSCC(C)NC1CC(NC(=O)OC(C)(C)C)C1. The van der Waals surface area contributed by atoms with Gasteiger partial charge in [-0.05, 0) is 46.8 Å². The number of carbonyl (C=O) groups is 1. The number of carbonyl (C=O) groups excluding carboxylic acids is 1. The van der Waals surface area contributed by atoms with Gasteiger partial charge in [-0.3, -0.25) is 0 Å². The van der Waals surface area contributed by atoms with E-state index < -0.39 is 5.60 Å². The summed E-state index contributed by atoms with van der Waals surface area (Å²) in [5, 5.41) is 6.46. The van der Waals surface area contributed by atoms with Crippen molar-refractivity contribution >= 4 is 17.9 Å². The summed E-state index contributed by atoms with van der Waals surface area (Å²) in [6, 6.07) is 1.33. The van der Waals surface area contributed by atoms with E-state index in [1.807, 2.05) is 32.5 Å². The van der Waals surface area contributed by atoms with Crippen molar-refractivity contribution in [1.82, 2.24) is 10.6 Å². The topological polar surface area (TPSA) is 50.4 Å². The van der Waals surface area contributed by atoms with Gasteiger partial charge in [-0.2, -0.15) is 11.8 Å². The average Bonchev–Trinajstić information content (AvgIpc) is 2.11. The molecular formula is C13H26N2O2S. The number of hydrogen-bond acceptors (Lipinski definition) is 4. The maximum absolute atomic E-state index is 11.5. The minimum absolute atomic E-state index is 0.263. The molecule has 106 valence electrons. The molecule has 0 spiro atoms. The van der Waals surface area contributed by atoms with E-state index in [4.69, 9.17) is 4.74 Å². The Morgan fingerprint density at radius 1 is 1.39 bits per heavy atom. The van der Waals surface area contributed by atoms with Crippen LogP contribution < -0.4 is 10.6 Å². The maximum atomic E-state index is 11.5. The summed E-state index contributed by atoms with van der Waals surface area (Å²) >= 11 is 1.85. The largest absolute Gasteiger partial charge is 0.444 e. The molecule has 0 aromatic rings. The van der Waals surface area contributed by atoms with Crippen LogP contribution in [-0.2, 0) is 4.74 Å². The average molecular weight is 274 g/mol. The van der Waals surface area contributed by atoms with Gasteiger partial charge >= 0.3 is 6.09 Å². The molecule has 0 bridgehead atoms. The highest BCUT2D eigenvalue weighted by Crippen LogP contribution is 2.21. The van der Waals surface area contributed by atoms with Crippen molar-refractivity contribution in [2.75, 3.05) is 12.0 Å². The van der Waals surface area contributed by atoms with Crippen molar-refractivity contribution < 1.29 is 9.53 Å². The molecule has 4 nitrogen and oxygen atoms in total. The van der Waals surface area contributed by atoms with E-state index in [0.29, 0.717) is 12.1 Å². The Bertz CT molecular complexity index is 273. The number of rotatable bonds is 5. The van der Waals surface area contributed by atoms with Crippen LogP contribution in [0.3, 0.4) is 0 Å². The number of hydrogen-bond donors (Lipinski definition) is 2. The molecule has 1 amide bonds. The Labute approximate surface area is 115 Å². The van der Waals surface area contributed by atoms with Crippen molar-refractivity contribution in [3.63, 3.8) is 0 Å². The van der Waals surface area contributed by atoms with E-state index in [0.717, 1.165) is 18.6 Å². The van der Waals surface area contributed by atoms with Gasteiger partial charge in [0.25, 0.3) is 0 Å². The smallest absolute Gasteiger partial charge is 0.407 e. The third-order valence-corrected chi connectivity index (χ3v) is 3.63. The lowest BCUT2D eigenvalue weighted by Crippen LogP contribution is -2.55. The van der Waals surface area contributed by atoms with Crippen LogP contribution in [0.2, 0.25) is 0 Å². The second-order valence-corrected chi connectivity index (χ2v) is 6.95. The Morgan fingerprint density at radius 3 is 2.50 bits per heavy atom. The Hall–Kier alpha value is -0.420. The number of ether oxygens (including phenoxy) is 1. The minimum atomic E-state index is -0.418. The number of nitrogens with one attached hydrogen (secondary N) is 2. The first-order valence-electron chi connectivity index (χ1n) is 6.54. The van der Waals surface area contributed by atoms with Crippen LogP contribution in [0, 0.1) is 0 Å². The molecule has 18 heavy (non-hydrogen) atoms. The summed E-state index contributed by atoms with van der Waals surface area (Å²) in [7, 11) is 0. The third-order valence-electron chi connectivity index (χ3n) is 2.80. The first-order chi connectivity index (χ1) is 8.30. The van der Waals surface area contributed by atoms with Gasteiger partial charge in [0.2, 0.25) is 0 Å². The zero-order chi connectivity index (χ0) is 13.8. The van der Waals surface area contributed by atoms with Crippen LogP contribution in [0.5, 0.6) is 0 Å². The van der Waals surface area contributed by atoms with E-state index in [1.54, 1.807) is 0 Å². The van der Waals surface area contributed by atoms with Crippen LogP contribution in [0.15, 0.2) is 0 Å². The monoisotopic (exact) mass is 274 g/mol. The maximum Gasteiger partial charge on any atom is 0.407 e. The summed E-state index contributed by atoms with van der Waals surface area (Å²) in [5.41, 5.74) is -0.418. The molecule has 2 N–H and O–H groups in total. The summed E-state index contributed by atoms with van der Waals surface area (Å²) in [5.74, 6) is 1.13. The molecule has 1 fully saturated rings. The normalized spacial score (nSPS) is 25.2. The molecule has 0 aromatic heterocycles. The lowest BCUT2D eigenvalue weighted by atomic mass is 9.86. The zero-order valence-electron chi connectivity index (χ0n) is 12.1. The van der Waals surface area contributed by atoms with Crippen LogP contribution in [0.4, 0.5) is 4.79 Å². The van der Waals surface area contributed by atoms with Gasteiger partial charge in [-0.1, -0.05) is 0 Å². The van der Waals surface area contributed by atoms with Crippen molar-refractivity contribution in [3.05, 3.63) is 0 Å². The number of amides is 1. The highest BCUT2D eigenvalue weighted by Gasteiger charge is 2.31. The van der Waals surface area contributed by atoms with Gasteiger partial charge in [-0.15, -0.1) is 0 Å². The molecule has 0 saturated heterocycles. The molecule has 1 aliphatic carbocycles. The lowest BCUT2D eigenvalue weighted by Gasteiger charge is -2.38. The third kappa shape index (κ3) is 5.96. The molecule has 1 atom stereocenters. The van der Waals surface area contributed by atoms with Gasteiger partial charge < -0.3 is 15.4 Å². The Morgan fingerprint density at radius 2 is 2.00 bits per heavy atom. The highest BCUT2D eigenvalue weighted by atomic mass is 32.2. The van der Waals surface area contributed by atoms with E-state index in [1.165, 1.54) is 0 Å². The molecular weight excluding hydrogens is 248 g/mol. The minimum Gasteiger partial charge on any atom is -0.444 e. The van der Waals surface area contributed by atoms with Crippen LogP contribution in [-0.4, -0.2) is 41.8 Å². The van der Waals surface area contributed by atoms with E-state index in [2.05, 4.69) is 23.8 Å². The van der Waals surface area contributed by atoms with E-state index in [9.17, 15) is 4.79 Å². The zero-order valence-corrected chi connectivity index (χ0v) is 12.9. The van der Waals surface area contributed by atoms with Gasteiger partial charge in [0, 0.05) is 23.9 Å². The lowest BCUT2D eigenvalue weighted by molar-refractivity contribution is 0.0464. The first kappa shape index (κ1) is 15.6. The second kappa shape index (κ2) is 6.66. The molecule has 1 aliphatic rings. The van der Waals surface area contributed by atoms with E-state index in [-0.39, 0.29) is 12.1 Å². The van der Waals surface area contributed by atoms with E-state index >= 15 is 0 Å². The van der Waals surface area contributed by atoms with Crippen molar-refractivity contribution in [2.24, 2.45) is 0 Å². The number of alkyl carbamates (subject to hydrolysis) is 1. The summed E-state index contributed by atoms with van der Waals surface area (Å²) < 4.78 is 5.23. The van der Waals surface area contributed by atoms with Gasteiger partial charge in [-0.25, -0.2) is 4.79 Å². The molecule has 0 heterocycles. The van der Waals surface area contributed by atoms with Gasteiger partial charge in [0.1, 0.15) is 5.60 Å². The second-order valence-electron chi connectivity index (χ2n) is 6.03. The Balaban J connectivity index is 2.13. The van der Waals surface area contributed by atoms with Crippen LogP contribution >= 0.6 is 11.8 Å². The fraction of sp³-hybridized carbons (Fsp3) is 0.923. The molecule has 1 unspecified atom stereocenters. The fourth-order valence-electron chi connectivity index (χ4n) is 2.05. The first-order valence-corrected chi connectivity index (χ1v) is 7.94. The summed E-state index contributed by atoms with van der Waals surface area (Å²) in [6.07, 6.45) is 3.81. The van der Waals surface area contributed by atoms with Gasteiger partial charge in [0.05, 0.1) is 0 Å². The van der Waals surface area contributed by atoms with Crippen LogP contribution in [0.25, 0.3) is 0 Å². The van der Waals surface area contributed by atoms with Crippen LogP contribution in [0.1, 0.15) is 40.5 Å². The molecule has 0 aromatic carbocycles. The summed E-state index contributed by atoms with van der Waals surface area (Å²) in [4.78, 5) is 11.5. The molecule has 1 saturated carbocycles. The van der Waals surface area contributed by atoms with Crippen molar-refractivity contribution in [3.8, 4) is 0 Å². The standard InChI is InChI=1S/C13H26N2O2S/c1-9(8-18-5)14-10-6-11(7-10)15-12(16)17-13(2,3)4/h9-11,14H,6-8H2,1-5H3,(H,15,16). The Kier molecular flexibility index (Phi) is 5.79. The van der Waals surface area contributed by atoms with Crippen molar-refractivity contribution in [2.45, 2.75) is 64.3 Å². The summed E-state index contributed by atoms with van der Waals surface area (Å²) in [6.45, 7) is 7.83. The molecule has 0 aliphatic heterocycles. The predicted molar refractivity (Wildman–Crippen MR) is 77.2 cm³/mol. The highest BCUT2D eigenvalue weighted by molar-refractivity contribution is 7.98. The molecule has 1 rings (SSSR count). The van der Waals surface area contributed by atoms with Gasteiger partial charge in [0.15, 0.2) is 0 Å².